The van der Waals surface area contributed by atoms with Crippen LogP contribution in [0.1, 0.15) is 103 Å². The third kappa shape index (κ3) is 14.4. The van der Waals surface area contributed by atoms with Crippen molar-refractivity contribution in [3.8, 4) is 0 Å². The molecule has 0 nitrogen and oxygen atoms in total. The second kappa shape index (κ2) is 22.9. The number of hydrogen-bond acceptors (Lipinski definition) is 6. The summed E-state index contributed by atoms with van der Waals surface area (Å²) in [5, 5.41) is 1.47. The Hall–Kier alpha value is 2.10. The molecule has 2 radical (unpaired) electrons. The highest BCUT2D eigenvalue weighted by Gasteiger charge is 2.42. The highest BCUT2D eigenvalue weighted by atomic mass is 32.1. The van der Waals surface area contributed by atoms with Gasteiger partial charge in [-0.15, -0.1) is 0 Å². The van der Waals surface area contributed by atoms with Crippen molar-refractivity contribution in [1.82, 2.24) is 0 Å². The standard InChI is InChI=1S/C24H48S6/c25-17-7-1-2-12-22(13-3-8-18-26)24(15-5-10-20-28,16-6-11-21-29)23(30)14-4-9-19-27/h17,22,25-30H,1-16,18-21H2. The molecule has 0 aromatic carbocycles. The van der Waals surface area contributed by atoms with Gasteiger partial charge in [0, 0.05) is 11.0 Å². The Bertz CT molecular complexity index is 343. The van der Waals surface area contributed by atoms with Crippen molar-refractivity contribution in [2.75, 3.05) is 23.0 Å². The molecule has 0 saturated carbocycles. The van der Waals surface area contributed by atoms with E-state index in [-0.39, 0.29) is 5.41 Å². The molecule has 0 aliphatic rings. The van der Waals surface area contributed by atoms with Crippen LogP contribution in [-0.2, 0) is 0 Å². The quantitative estimate of drug-likeness (QED) is 0.0553. The van der Waals surface area contributed by atoms with Crippen molar-refractivity contribution in [3.05, 3.63) is 11.0 Å². The Labute approximate surface area is 222 Å². The van der Waals surface area contributed by atoms with Gasteiger partial charge in [-0.1, -0.05) is 38.5 Å². The molecular weight excluding hydrogens is 481 g/mol. The van der Waals surface area contributed by atoms with Crippen molar-refractivity contribution in [2.24, 2.45) is 11.3 Å². The summed E-state index contributed by atoms with van der Waals surface area (Å²) in [4.78, 5) is 0. The maximum Gasteiger partial charge on any atom is 0.0338 e. The summed E-state index contributed by atoms with van der Waals surface area (Å²) >= 11 is 27.4. The van der Waals surface area contributed by atoms with E-state index in [1.54, 1.807) is 0 Å². The van der Waals surface area contributed by atoms with E-state index in [0.717, 1.165) is 41.8 Å². The number of thiol groups is 6. The van der Waals surface area contributed by atoms with Crippen LogP contribution >= 0.6 is 75.8 Å². The summed E-state index contributed by atoms with van der Waals surface area (Å²) < 4.78 is 0. The van der Waals surface area contributed by atoms with Gasteiger partial charge in [-0.2, -0.15) is 75.8 Å². The third-order valence-electron chi connectivity index (χ3n) is 6.34. The molecule has 0 aromatic heterocycles. The zero-order valence-corrected chi connectivity index (χ0v) is 24.3. The average molecular weight is 529 g/mol. The monoisotopic (exact) mass is 528 g/mol. The molecule has 0 amide bonds. The van der Waals surface area contributed by atoms with Gasteiger partial charge in [-0.3, -0.25) is 0 Å². The minimum Gasteiger partial charge on any atom is -0.179 e. The molecule has 6 heteroatoms. The SMILES string of the molecule is S[CH]CCCCC(CCCCS)C(CCCCS)(CCCCS)[C](S)CCCCS. The molecule has 30 heavy (non-hydrogen) atoms. The third-order valence-corrected chi connectivity index (χ3v) is 8.53. The predicted molar refractivity (Wildman–Crippen MR) is 161 cm³/mol. The van der Waals surface area contributed by atoms with E-state index in [0.29, 0.717) is 0 Å². The summed E-state index contributed by atoms with van der Waals surface area (Å²) in [6.45, 7) is 0. The largest absolute Gasteiger partial charge is 0.179 e. The lowest BCUT2D eigenvalue weighted by atomic mass is 9.62. The number of hydrogen-bond donors (Lipinski definition) is 6. The molecule has 0 aliphatic carbocycles. The molecule has 0 rings (SSSR count). The van der Waals surface area contributed by atoms with Crippen LogP contribution in [0.2, 0.25) is 0 Å². The fourth-order valence-corrected chi connectivity index (χ4v) is 6.28. The lowest BCUT2D eigenvalue weighted by Crippen LogP contribution is -2.36. The Morgan fingerprint density at radius 2 is 1.10 bits per heavy atom. The van der Waals surface area contributed by atoms with Gasteiger partial charge in [-0.25, -0.2) is 0 Å². The summed E-state index contributed by atoms with van der Waals surface area (Å²) in [5.74, 6) is 6.66. The van der Waals surface area contributed by atoms with Gasteiger partial charge in [0.1, 0.15) is 0 Å². The Morgan fingerprint density at radius 3 is 1.60 bits per heavy atom. The van der Waals surface area contributed by atoms with Crippen LogP contribution < -0.4 is 0 Å². The molecule has 0 aromatic rings. The summed E-state index contributed by atoms with van der Waals surface area (Å²) in [6.07, 6.45) is 19.8. The molecule has 0 bridgehead atoms. The Kier molecular flexibility index (Phi) is 24.5. The lowest BCUT2D eigenvalue weighted by Gasteiger charge is -2.46. The second-order valence-corrected chi connectivity index (χ2v) is 11.2. The van der Waals surface area contributed by atoms with Crippen molar-refractivity contribution in [1.29, 1.82) is 0 Å². The molecule has 180 valence electrons. The highest BCUT2D eigenvalue weighted by Crippen LogP contribution is 2.53. The minimum absolute atomic E-state index is 0.257. The van der Waals surface area contributed by atoms with E-state index >= 15 is 0 Å². The first-order chi connectivity index (χ1) is 14.6. The van der Waals surface area contributed by atoms with Crippen LogP contribution in [0.15, 0.2) is 0 Å². The van der Waals surface area contributed by atoms with Gasteiger partial charge in [-0.05, 0) is 98.6 Å². The van der Waals surface area contributed by atoms with Gasteiger partial charge in [0.05, 0.1) is 0 Å². The van der Waals surface area contributed by atoms with Crippen LogP contribution in [0.3, 0.4) is 0 Å². The van der Waals surface area contributed by atoms with Crippen LogP contribution in [-0.4, -0.2) is 23.0 Å². The van der Waals surface area contributed by atoms with E-state index in [1.807, 2.05) is 5.75 Å². The van der Waals surface area contributed by atoms with Gasteiger partial charge in [0.15, 0.2) is 0 Å². The fourth-order valence-electron chi connectivity index (χ4n) is 4.64. The van der Waals surface area contributed by atoms with Gasteiger partial charge in [0.2, 0.25) is 0 Å². The molecule has 0 saturated heterocycles. The fraction of sp³-hybridized carbons (Fsp3) is 0.917. The maximum absolute atomic E-state index is 5.26. The molecule has 0 aliphatic heterocycles. The van der Waals surface area contributed by atoms with E-state index < -0.39 is 0 Å². The zero-order chi connectivity index (χ0) is 22.5. The predicted octanol–water partition coefficient (Wildman–Crippen LogP) is 9.10. The average Bonchev–Trinajstić information content (AvgIpc) is 2.75. The first-order valence-corrected chi connectivity index (χ1v) is 15.6. The Balaban J connectivity index is 5.60. The van der Waals surface area contributed by atoms with Crippen LogP contribution in [0, 0.1) is 22.3 Å². The summed E-state index contributed by atoms with van der Waals surface area (Å²) in [7, 11) is 0. The van der Waals surface area contributed by atoms with Crippen molar-refractivity contribution in [3.63, 3.8) is 0 Å². The topological polar surface area (TPSA) is 0 Å². The van der Waals surface area contributed by atoms with Crippen molar-refractivity contribution in [2.45, 2.75) is 103 Å². The van der Waals surface area contributed by atoms with E-state index in [9.17, 15) is 0 Å². The molecule has 1 atom stereocenters. The van der Waals surface area contributed by atoms with E-state index in [1.165, 1.54) is 95.1 Å². The second-order valence-electron chi connectivity index (χ2n) is 8.53. The normalized spacial score (nSPS) is 13.3. The van der Waals surface area contributed by atoms with E-state index in [4.69, 9.17) is 12.6 Å². The lowest BCUT2D eigenvalue weighted by molar-refractivity contribution is 0.125. The van der Waals surface area contributed by atoms with Crippen LogP contribution in [0.25, 0.3) is 0 Å². The molecule has 0 heterocycles. The van der Waals surface area contributed by atoms with Crippen molar-refractivity contribution >= 4 is 75.8 Å². The molecule has 0 spiro atoms. The summed E-state index contributed by atoms with van der Waals surface area (Å²) in [5.41, 5.74) is 0.257. The van der Waals surface area contributed by atoms with E-state index in [2.05, 4.69) is 63.1 Å². The highest BCUT2D eigenvalue weighted by molar-refractivity contribution is 7.83. The van der Waals surface area contributed by atoms with Gasteiger partial charge in [0.25, 0.3) is 0 Å². The molecule has 0 N–H and O–H groups in total. The first kappa shape index (κ1) is 32.1. The Morgan fingerprint density at radius 1 is 0.633 bits per heavy atom. The van der Waals surface area contributed by atoms with Gasteiger partial charge >= 0.3 is 0 Å². The molecule has 0 fully saturated rings. The van der Waals surface area contributed by atoms with Crippen molar-refractivity contribution < 1.29 is 0 Å². The van der Waals surface area contributed by atoms with Crippen LogP contribution in [0.4, 0.5) is 0 Å². The number of unbranched alkanes of at least 4 members (excludes halogenated alkanes) is 6. The smallest absolute Gasteiger partial charge is 0.0338 e. The molecule has 1 unspecified atom stereocenters. The molecular formula is C24H48S6. The maximum atomic E-state index is 5.26. The number of rotatable bonds is 23. The first-order valence-electron chi connectivity index (χ1n) is 12.1. The zero-order valence-electron chi connectivity index (χ0n) is 19.0. The van der Waals surface area contributed by atoms with Gasteiger partial charge < -0.3 is 0 Å². The van der Waals surface area contributed by atoms with Crippen LogP contribution in [0.5, 0.6) is 0 Å². The summed E-state index contributed by atoms with van der Waals surface area (Å²) in [6, 6.07) is 0. The minimum atomic E-state index is 0.257.